The van der Waals surface area contributed by atoms with Gasteiger partial charge in [-0.15, -0.1) is 5.10 Å². The number of nitrogens with one attached hydrogen (secondary N) is 1. The molecule has 0 spiro atoms. The molecule has 0 atom stereocenters. The van der Waals surface area contributed by atoms with Crippen molar-refractivity contribution in [2.24, 2.45) is 0 Å². The maximum absolute atomic E-state index is 6.02. The Hall–Kier alpha value is -3.00. The number of pyridine rings is 1. The lowest BCUT2D eigenvalue weighted by Crippen LogP contribution is -2.04. The molecule has 28 heavy (non-hydrogen) atoms. The second kappa shape index (κ2) is 6.87. The lowest BCUT2D eigenvalue weighted by Gasteiger charge is -2.11. The molecule has 0 bridgehead atoms. The van der Waals surface area contributed by atoms with Gasteiger partial charge in [0.05, 0.1) is 29.3 Å². The van der Waals surface area contributed by atoms with E-state index in [0.717, 1.165) is 41.3 Å². The van der Waals surface area contributed by atoms with E-state index in [1.165, 1.54) is 12.8 Å². The number of fused-ring (bicyclic) bond motifs is 1. The third-order valence-electron chi connectivity index (χ3n) is 4.70. The van der Waals surface area contributed by atoms with Gasteiger partial charge in [0, 0.05) is 36.1 Å². The van der Waals surface area contributed by atoms with Crippen molar-refractivity contribution in [3.8, 4) is 22.6 Å². The first kappa shape index (κ1) is 17.1. The lowest BCUT2D eigenvalue weighted by atomic mass is 10.1. The van der Waals surface area contributed by atoms with Crippen LogP contribution in [0.4, 0.5) is 5.69 Å². The maximum atomic E-state index is 6.02. The van der Waals surface area contributed by atoms with Crippen LogP contribution in [-0.2, 0) is 6.54 Å². The summed E-state index contributed by atoms with van der Waals surface area (Å²) >= 11 is 6.02. The van der Waals surface area contributed by atoms with E-state index in [1.807, 2.05) is 23.1 Å². The monoisotopic (exact) mass is 394 g/mol. The van der Waals surface area contributed by atoms with Crippen molar-refractivity contribution >= 4 is 22.9 Å². The van der Waals surface area contributed by atoms with Crippen LogP contribution in [0.3, 0.4) is 0 Å². The fourth-order valence-corrected chi connectivity index (χ4v) is 3.30. The number of aryl methyl sites for hydroxylation is 1. The topological polar surface area (TPSA) is 85.8 Å². The molecule has 0 unspecified atom stereocenters. The Labute approximate surface area is 166 Å². The van der Waals surface area contributed by atoms with E-state index in [1.54, 1.807) is 23.0 Å². The molecule has 0 aromatic carbocycles. The summed E-state index contributed by atoms with van der Waals surface area (Å²) in [5.41, 5.74) is 5.05. The lowest BCUT2D eigenvalue weighted by molar-refractivity contribution is 0.579. The molecule has 5 rings (SSSR count). The van der Waals surface area contributed by atoms with E-state index in [0.29, 0.717) is 16.7 Å². The number of aromatic nitrogens is 7. The SMILES string of the molecule is CCCn1cc(-c2cnc(-c3cnc4cc(Cl)cnn34)cc2NC2CC2)nn1. The van der Waals surface area contributed by atoms with Gasteiger partial charge >= 0.3 is 0 Å². The van der Waals surface area contributed by atoms with Crippen molar-refractivity contribution < 1.29 is 0 Å². The fourth-order valence-electron chi connectivity index (χ4n) is 3.15. The Kier molecular flexibility index (Phi) is 4.20. The Morgan fingerprint density at radius 3 is 2.86 bits per heavy atom. The van der Waals surface area contributed by atoms with Crippen LogP contribution in [0.5, 0.6) is 0 Å². The summed E-state index contributed by atoms with van der Waals surface area (Å²) in [7, 11) is 0. The van der Waals surface area contributed by atoms with Crippen LogP contribution in [0, 0.1) is 0 Å². The van der Waals surface area contributed by atoms with Gasteiger partial charge in [-0.25, -0.2) is 9.50 Å². The predicted octanol–water partition coefficient (Wildman–Crippen LogP) is 3.69. The van der Waals surface area contributed by atoms with Crippen molar-refractivity contribution in [2.75, 3.05) is 5.32 Å². The van der Waals surface area contributed by atoms with Crippen LogP contribution >= 0.6 is 11.6 Å². The summed E-state index contributed by atoms with van der Waals surface area (Å²) < 4.78 is 3.61. The quantitative estimate of drug-likeness (QED) is 0.536. The molecule has 0 amide bonds. The minimum atomic E-state index is 0.499. The van der Waals surface area contributed by atoms with Crippen molar-refractivity contribution in [1.82, 2.24) is 34.6 Å². The van der Waals surface area contributed by atoms with E-state index in [-0.39, 0.29) is 0 Å². The van der Waals surface area contributed by atoms with E-state index < -0.39 is 0 Å². The highest BCUT2D eigenvalue weighted by Gasteiger charge is 2.24. The number of hydrogen-bond donors (Lipinski definition) is 1. The van der Waals surface area contributed by atoms with Gasteiger partial charge in [-0.3, -0.25) is 9.67 Å². The van der Waals surface area contributed by atoms with Gasteiger partial charge in [0.15, 0.2) is 5.65 Å². The number of anilines is 1. The smallest absolute Gasteiger partial charge is 0.155 e. The first-order valence-electron chi connectivity index (χ1n) is 9.38. The molecule has 4 aromatic rings. The van der Waals surface area contributed by atoms with Gasteiger partial charge < -0.3 is 5.32 Å². The minimum absolute atomic E-state index is 0.499. The zero-order valence-corrected chi connectivity index (χ0v) is 16.1. The van der Waals surface area contributed by atoms with Crippen LogP contribution in [0.15, 0.2) is 36.9 Å². The highest BCUT2D eigenvalue weighted by atomic mass is 35.5. The van der Waals surface area contributed by atoms with Crippen molar-refractivity contribution in [2.45, 2.75) is 38.8 Å². The molecule has 1 saturated carbocycles. The molecule has 8 nitrogen and oxygen atoms in total. The first-order valence-corrected chi connectivity index (χ1v) is 9.76. The molecule has 0 saturated heterocycles. The number of hydrogen-bond acceptors (Lipinski definition) is 6. The molecular formula is C19H19ClN8. The zero-order valence-electron chi connectivity index (χ0n) is 15.4. The van der Waals surface area contributed by atoms with E-state index >= 15 is 0 Å². The summed E-state index contributed by atoms with van der Waals surface area (Å²) in [4.78, 5) is 9.06. The molecule has 4 heterocycles. The van der Waals surface area contributed by atoms with Gasteiger partial charge in [0.2, 0.25) is 0 Å². The summed E-state index contributed by atoms with van der Waals surface area (Å²) in [6.45, 7) is 2.97. The average molecular weight is 395 g/mol. The molecule has 9 heteroatoms. The zero-order chi connectivity index (χ0) is 19.1. The predicted molar refractivity (Wildman–Crippen MR) is 107 cm³/mol. The van der Waals surface area contributed by atoms with Crippen molar-refractivity contribution in [1.29, 1.82) is 0 Å². The fraction of sp³-hybridized carbons (Fsp3) is 0.316. The third-order valence-corrected chi connectivity index (χ3v) is 4.91. The minimum Gasteiger partial charge on any atom is -0.382 e. The Bertz CT molecular complexity index is 1140. The second-order valence-corrected chi connectivity index (χ2v) is 7.42. The normalized spacial score (nSPS) is 13.9. The molecule has 4 aromatic heterocycles. The largest absolute Gasteiger partial charge is 0.382 e. The van der Waals surface area contributed by atoms with E-state index in [2.05, 4.69) is 37.6 Å². The van der Waals surface area contributed by atoms with Crippen molar-refractivity contribution in [3.05, 3.63) is 41.9 Å². The number of imidazole rings is 1. The molecule has 0 aliphatic heterocycles. The molecular weight excluding hydrogens is 376 g/mol. The van der Waals surface area contributed by atoms with Crippen LogP contribution in [-0.4, -0.2) is 40.6 Å². The van der Waals surface area contributed by atoms with Crippen LogP contribution in [0.25, 0.3) is 28.3 Å². The third kappa shape index (κ3) is 3.20. The Morgan fingerprint density at radius 1 is 1.14 bits per heavy atom. The Balaban J connectivity index is 1.57. The molecule has 0 radical (unpaired) electrons. The summed E-state index contributed by atoms with van der Waals surface area (Å²) in [6.07, 6.45) is 10.5. The summed E-state index contributed by atoms with van der Waals surface area (Å²) in [5, 5.41) is 17.1. The van der Waals surface area contributed by atoms with Crippen LogP contribution in [0.2, 0.25) is 5.02 Å². The molecule has 1 fully saturated rings. The standard InChI is InChI=1S/C19H19ClN8/c1-2-5-27-11-17(25-26-27)14-9-21-16(7-15(14)24-13-3-4-13)18-10-22-19-6-12(20)8-23-28(18)19/h6-11,13H,2-5H2,1H3,(H,21,24). The van der Waals surface area contributed by atoms with Gasteiger partial charge in [-0.2, -0.15) is 5.10 Å². The van der Waals surface area contributed by atoms with Gasteiger partial charge in [-0.1, -0.05) is 23.7 Å². The number of halogens is 1. The van der Waals surface area contributed by atoms with E-state index in [4.69, 9.17) is 11.6 Å². The molecule has 1 N–H and O–H groups in total. The highest BCUT2D eigenvalue weighted by molar-refractivity contribution is 6.30. The second-order valence-electron chi connectivity index (χ2n) is 6.99. The highest BCUT2D eigenvalue weighted by Crippen LogP contribution is 2.34. The molecule has 142 valence electrons. The summed E-state index contributed by atoms with van der Waals surface area (Å²) in [6, 6.07) is 4.31. The number of rotatable bonds is 6. The number of nitrogens with zero attached hydrogens (tertiary/aromatic N) is 7. The van der Waals surface area contributed by atoms with E-state index in [9.17, 15) is 0 Å². The molecule has 1 aliphatic rings. The van der Waals surface area contributed by atoms with Crippen LogP contribution < -0.4 is 5.32 Å². The maximum Gasteiger partial charge on any atom is 0.155 e. The van der Waals surface area contributed by atoms with Gasteiger partial charge in [-0.05, 0) is 25.3 Å². The first-order chi connectivity index (χ1) is 13.7. The van der Waals surface area contributed by atoms with Gasteiger partial charge in [0.25, 0.3) is 0 Å². The average Bonchev–Trinajstić information content (AvgIpc) is 3.22. The Morgan fingerprint density at radius 2 is 2.04 bits per heavy atom. The molecule has 1 aliphatic carbocycles. The van der Waals surface area contributed by atoms with Gasteiger partial charge in [0.1, 0.15) is 11.4 Å². The van der Waals surface area contributed by atoms with Crippen LogP contribution in [0.1, 0.15) is 26.2 Å². The van der Waals surface area contributed by atoms with Crippen molar-refractivity contribution in [3.63, 3.8) is 0 Å². The summed E-state index contributed by atoms with van der Waals surface area (Å²) in [5.74, 6) is 0.